The Morgan fingerprint density at radius 3 is 2.70 bits per heavy atom. The summed E-state index contributed by atoms with van der Waals surface area (Å²) < 4.78 is 33.0. The van der Waals surface area contributed by atoms with Crippen LogP contribution in [0.2, 0.25) is 0 Å². The Morgan fingerprint density at radius 2 is 1.90 bits per heavy atom. The van der Waals surface area contributed by atoms with Crippen LogP contribution in [0.4, 0.5) is 8.78 Å². The van der Waals surface area contributed by atoms with Gasteiger partial charge in [0.15, 0.2) is 17.4 Å². The number of carbonyl (C=O) groups excluding carboxylic acids is 1. The number of fused-ring (bicyclic) bond motifs is 1. The third kappa shape index (κ3) is 2.14. The first kappa shape index (κ1) is 13.0. The van der Waals surface area contributed by atoms with Crippen LogP contribution < -0.4 is 0 Å². The molecule has 0 unspecified atom stereocenters. The van der Waals surface area contributed by atoms with Crippen LogP contribution in [-0.2, 0) is 0 Å². The van der Waals surface area contributed by atoms with Crippen LogP contribution in [0.1, 0.15) is 16.1 Å². The van der Waals surface area contributed by atoms with Gasteiger partial charge in [0.1, 0.15) is 5.58 Å². The minimum Gasteiger partial charge on any atom is -0.453 e. The molecule has 0 saturated carbocycles. The molecule has 0 aliphatic heterocycles. The summed E-state index contributed by atoms with van der Waals surface area (Å²) in [6.07, 6.45) is 0. The molecule has 2 aromatic carbocycles. The molecule has 0 radical (unpaired) electrons. The van der Waals surface area contributed by atoms with Gasteiger partial charge in [-0.1, -0.05) is 22.0 Å². The van der Waals surface area contributed by atoms with E-state index in [-0.39, 0.29) is 11.3 Å². The zero-order valence-corrected chi connectivity index (χ0v) is 11.6. The first-order valence-electron chi connectivity index (χ1n) is 5.74. The minimum atomic E-state index is -1.17. The fourth-order valence-corrected chi connectivity index (χ4v) is 2.32. The van der Waals surface area contributed by atoms with Gasteiger partial charge in [0.05, 0.1) is 5.56 Å². The van der Waals surface area contributed by atoms with Crippen LogP contribution >= 0.6 is 15.9 Å². The van der Waals surface area contributed by atoms with Crippen molar-refractivity contribution in [1.29, 1.82) is 0 Å². The van der Waals surface area contributed by atoms with E-state index in [9.17, 15) is 13.6 Å². The van der Waals surface area contributed by atoms with Gasteiger partial charge in [-0.2, -0.15) is 0 Å². The molecular formula is C15H7BrF2O2. The average molecular weight is 337 g/mol. The van der Waals surface area contributed by atoms with Crippen molar-refractivity contribution in [2.24, 2.45) is 0 Å². The summed E-state index contributed by atoms with van der Waals surface area (Å²) in [5.74, 6) is -2.94. The molecule has 3 rings (SSSR count). The number of halogens is 3. The zero-order valence-electron chi connectivity index (χ0n) is 9.99. The number of carbonyl (C=O) groups is 1. The average Bonchev–Trinajstić information content (AvgIpc) is 2.84. The van der Waals surface area contributed by atoms with Gasteiger partial charge < -0.3 is 4.42 Å². The number of benzene rings is 2. The summed E-state index contributed by atoms with van der Waals surface area (Å²) in [5, 5.41) is 0.708. The second-order valence-electron chi connectivity index (χ2n) is 4.22. The predicted molar refractivity (Wildman–Crippen MR) is 73.7 cm³/mol. The Balaban J connectivity index is 2.10. The molecule has 0 aliphatic rings. The van der Waals surface area contributed by atoms with E-state index in [1.54, 1.807) is 18.2 Å². The van der Waals surface area contributed by atoms with Gasteiger partial charge in [-0.25, -0.2) is 8.78 Å². The molecule has 0 fully saturated rings. The third-order valence-corrected chi connectivity index (χ3v) is 3.39. The van der Waals surface area contributed by atoms with Crippen LogP contribution in [0.5, 0.6) is 0 Å². The van der Waals surface area contributed by atoms with E-state index in [1.807, 2.05) is 0 Å². The first-order chi connectivity index (χ1) is 9.56. The fraction of sp³-hybridized carbons (Fsp3) is 0. The lowest BCUT2D eigenvalue weighted by Crippen LogP contribution is -2.04. The quantitative estimate of drug-likeness (QED) is 0.634. The molecule has 0 spiro atoms. The summed E-state index contributed by atoms with van der Waals surface area (Å²) in [4.78, 5) is 12.2. The molecule has 3 aromatic rings. The fourth-order valence-electron chi connectivity index (χ4n) is 1.94. The SMILES string of the molecule is O=C(c1cc2cc(Br)ccc2o1)c1cccc(F)c1F. The first-order valence-corrected chi connectivity index (χ1v) is 6.53. The normalized spacial score (nSPS) is 10.9. The summed E-state index contributed by atoms with van der Waals surface area (Å²) in [5.41, 5.74) is 0.163. The molecule has 5 heteroatoms. The summed E-state index contributed by atoms with van der Waals surface area (Å²) in [7, 11) is 0. The highest BCUT2D eigenvalue weighted by atomic mass is 79.9. The molecule has 0 saturated heterocycles. The molecule has 20 heavy (non-hydrogen) atoms. The number of furan rings is 1. The van der Waals surface area contributed by atoms with Crippen molar-refractivity contribution >= 4 is 32.7 Å². The number of hydrogen-bond donors (Lipinski definition) is 0. The van der Waals surface area contributed by atoms with E-state index < -0.39 is 17.4 Å². The van der Waals surface area contributed by atoms with Crippen molar-refractivity contribution in [2.75, 3.05) is 0 Å². The summed E-state index contributed by atoms with van der Waals surface area (Å²) >= 11 is 3.31. The van der Waals surface area contributed by atoms with E-state index in [0.29, 0.717) is 11.0 Å². The molecule has 0 aliphatic carbocycles. The molecule has 0 bridgehead atoms. The van der Waals surface area contributed by atoms with E-state index >= 15 is 0 Å². The Hall–Kier alpha value is -2.01. The van der Waals surface area contributed by atoms with E-state index in [2.05, 4.69) is 15.9 Å². The zero-order chi connectivity index (χ0) is 14.3. The van der Waals surface area contributed by atoms with Crippen molar-refractivity contribution in [3.05, 3.63) is 69.9 Å². The monoisotopic (exact) mass is 336 g/mol. The molecule has 0 N–H and O–H groups in total. The third-order valence-electron chi connectivity index (χ3n) is 2.90. The van der Waals surface area contributed by atoms with Gasteiger partial charge in [-0.15, -0.1) is 0 Å². The van der Waals surface area contributed by atoms with Gasteiger partial charge in [0, 0.05) is 9.86 Å². The van der Waals surface area contributed by atoms with Crippen LogP contribution in [0.3, 0.4) is 0 Å². The van der Waals surface area contributed by atoms with Crippen molar-refractivity contribution in [1.82, 2.24) is 0 Å². The number of hydrogen-bond acceptors (Lipinski definition) is 2. The lowest BCUT2D eigenvalue weighted by molar-refractivity contribution is 0.101. The lowest BCUT2D eigenvalue weighted by atomic mass is 10.1. The van der Waals surface area contributed by atoms with Crippen LogP contribution in [-0.4, -0.2) is 5.78 Å². The Bertz CT molecular complexity index is 824. The molecule has 100 valence electrons. The maximum atomic E-state index is 13.6. The van der Waals surface area contributed by atoms with Gasteiger partial charge >= 0.3 is 0 Å². The Kier molecular flexibility index (Phi) is 3.14. The predicted octanol–water partition coefficient (Wildman–Crippen LogP) is 4.70. The lowest BCUT2D eigenvalue weighted by Gasteiger charge is -2.00. The van der Waals surface area contributed by atoms with E-state index in [0.717, 1.165) is 10.5 Å². The van der Waals surface area contributed by atoms with E-state index in [4.69, 9.17) is 4.42 Å². The minimum absolute atomic E-state index is 0.0254. The molecule has 2 nitrogen and oxygen atoms in total. The van der Waals surface area contributed by atoms with Crippen molar-refractivity contribution in [3.8, 4) is 0 Å². The second-order valence-corrected chi connectivity index (χ2v) is 5.14. The van der Waals surface area contributed by atoms with Crippen molar-refractivity contribution in [2.45, 2.75) is 0 Å². The van der Waals surface area contributed by atoms with Gasteiger partial charge in [-0.3, -0.25) is 4.79 Å². The maximum absolute atomic E-state index is 13.6. The van der Waals surface area contributed by atoms with Crippen LogP contribution in [0, 0.1) is 11.6 Å². The van der Waals surface area contributed by atoms with E-state index in [1.165, 1.54) is 18.2 Å². The smallest absolute Gasteiger partial charge is 0.231 e. The Morgan fingerprint density at radius 1 is 1.10 bits per heavy atom. The second kappa shape index (κ2) is 4.83. The highest BCUT2D eigenvalue weighted by Gasteiger charge is 2.20. The molecule has 0 atom stereocenters. The van der Waals surface area contributed by atoms with Gasteiger partial charge in [0.2, 0.25) is 5.78 Å². The van der Waals surface area contributed by atoms with Crippen molar-refractivity contribution < 1.29 is 18.0 Å². The number of rotatable bonds is 2. The molecular weight excluding hydrogens is 330 g/mol. The summed E-state index contributed by atoms with van der Waals surface area (Å²) in [6, 6.07) is 10.2. The van der Waals surface area contributed by atoms with Crippen molar-refractivity contribution in [3.63, 3.8) is 0 Å². The highest BCUT2D eigenvalue weighted by molar-refractivity contribution is 9.10. The maximum Gasteiger partial charge on any atom is 0.231 e. The molecule has 0 amide bonds. The molecule has 1 aromatic heterocycles. The van der Waals surface area contributed by atoms with Crippen LogP contribution in [0.25, 0.3) is 11.0 Å². The highest BCUT2D eigenvalue weighted by Crippen LogP contribution is 2.25. The van der Waals surface area contributed by atoms with Gasteiger partial charge in [-0.05, 0) is 36.4 Å². The van der Waals surface area contributed by atoms with Gasteiger partial charge in [0.25, 0.3) is 0 Å². The van der Waals surface area contributed by atoms with Crippen LogP contribution in [0.15, 0.2) is 51.4 Å². The standard InChI is InChI=1S/C15H7BrF2O2/c16-9-4-5-12-8(6-9)7-13(20-12)15(19)10-2-1-3-11(17)14(10)18/h1-7H. The topological polar surface area (TPSA) is 30.2 Å². The summed E-state index contributed by atoms with van der Waals surface area (Å²) in [6.45, 7) is 0. The number of ketones is 1. The largest absolute Gasteiger partial charge is 0.453 e. The Labute approximate surface area is 121 Å². The molecule has 1 heterocycles.